The van der Waals surface area contributed by atoms with Gasteiger partial charge in [-0.1, -0.05) is 12.1 Å². The number of aliphatic hydroxyl groups is 1. The summed E-state index contributed by atoms with van der Waals surface area (Å²) in [5.74, 6) is -4.00. The zero-order chi connectivity index (χ0) is 28.1. The fraction of sp³-hybridized carbons (Fsp3) is 0.500. The molecule has 0 spiro atoms. The van der Waals surface area contributed by atoms with Gasteiger partial charge in [-0.05, 0) is 43.9 Å². The van der Waals surface area contributed by atoms with E-state index in [1.54, 1.807) is 12.1 Å². The second-order valence-electron chi connectivity index (χ2n) is 8.30. The molecule has 1 aromatic carbocycles. The van der Waals surface area contributed by atoms with E-state index in [1.807, 2.05) is 0 Å². The summed E-state index contributed by atoms with van der Waals surface area (Å²) in [5.41, 5.74) is 17.0. The van der Waals surface area contributed by atoms with E-state index in [0.717, 1.165) is 0 Å². The number of rotatable bonds is 15. The van der Waals surface area contributed by atoms with Crippen molar-refractivity contribution in [3.8, 4) is 5.75 Å². The van der Waals surface area contributed by atoms with E-state index >= 15 is 0 Å². The number of carboxylic acids is 1. The third kappa shape index (κ3) is 11.4. The number of phenolic OH excluding ortho intramolecular Hbond substituents is 1. The van der Waals surface area contributed by atoms with Gasteiger partial charge < -0.3 is 48.5 Å². The predicted octanol–water partition coefficient (Wildman–Crippen LogP) is -2.83. The summed E-state index contributed by atoms with van der Waals surface area (Å²) in [6.45, 7) is 1.39. The smallest absolute Gasteiger partial charge is 0.326 e. The van der Waals surface area contributed by atoms with Crippen molar-refractivity contribution in [3.63, 3.8) is 0 Å². The summed E-state index contributed by atoms with van der Waals surface area (Å²) in [5, 5.41) is 35.8. The van der Waals surface area contributed by atoms with Crippen molar-refractivity contribution < 1.29 is 34.5 Å². The minimum Gasteiger partial charge on any atom is -0.508 e. The highest BCUT2D eigenvalue weighted by Gasteiger charge is 2.32. The number of amides is 3. The third-order valence-electron chi connectivity index (χ3n) is 5.17. The lowest BCUT2D eigenvalue weighted by Gasteiger charge is -2.26. The summed E-state index contributed by atoms with van der Waals surface area (Å²) in [4.78, 5) is 53.2. The van der Waals surface area contributed by atoms with E-state index in [4.69, 9.17) is 17.2 Å². The minimum absolute atomic E-state index is 0.00737. The molecule has 206 valence electrons. The number of guanidine groups is 1. The maximum Gasteiger partial charge on any atom is 0.326 e. The first-order chi connectivity index (χ1) is 17.3. The highest BCUT2D eigenvalue weighted by atomic mass is 32.1. The van der Waals surface area contributed by atoms with Gasteiger partial charge in [-0.15, -0.1) is 0 Å². The zero-order valence-electron chi connectivity index (χ0n) is 20.3. The molecule has 0 aliphatic carbocycles. The number of carbonyl (C=O) groups excluding carboxylic acids is 3. The Bertz CT molecular complexity index is 955. The maximum atomic E-state index is 12.8. The maximum absolute atomic E-state index is 12.8. The molecule has 5 atom stereocenters. The second-order valence-corrected chi connectivity index (χ2v) is 8.66. The van der Waals surface area contributed by atoms with E-state index in [9.17, 15) is 34.5 Å². The van der Waals surface area contributed by atoms with E-state index in [-0.39, 0.29) is 43.3 Å². The van der Waals surface area contributed by atoms with Crippen molar-refractivity contribution in [1.82, 2.24) is 16.0 Å². The summed E-state index contributed by atoms with van der Waals surface area (Å²) >= 11 is 4.07. The van der Waals surface area contributed by atoms with Crippen LogP contribution < -0.4 is 33.2 Å². The van der Waals surface area contributed by atoms with Crippen molar-refractivity contribution in [1.29, 1.82) is 0 Å². The molecule has 0 heterocycles. The van der Waals surface area contributed by atoms with Gasteiger partial charge in [0, 0.05) is 12.3 Å². The Labute approximate surface area is 219 Å². The molecular formula is C22H35N7O7S. The molecule has 0 radical (unpaired) electrons. The molecule has 15 heteroatoms. The van der Waals surface area contributed by atoms with Crippen LogP contribution in [0.25, 0.3) is 0 Å². The van der Waals surface area contributed by atoms with Gasteiger partial charge in [-0.3, -0.25) is 19.4 Å². The van der Waals surface area contributed by atoms with Crippen molar-refractivity contribution >= 4 is 42.3 Å². The van der Waals surface area contributed by atoms with Gasteiger partial charge in [-0.2, -0.15) is 12.6 Å². The molecule has 1 rings (SSSR count). The zero-order valence-corrected chi connectivity index (χ0v) is 21.2. The number of aliphatic hydroxyl groups excluding tert-OH is 1. The van der Waals surface area contributed by atoms with Gasteiger partial charge in [0.1, 0.15) is 23.9 Å². The number of aromatic hydroxyl groups is 1. The summed E-state index contributed by atoms with van der Waals surface area (Å²) in [7, 11) is 0. The number of hydrogen-bond donors (Lipinski definition) is 10. The first kappa shape index (κ1) is 31.5. The fourth-order valence-corrected chi connectivity index (χ4v) is 3.39. The number of carbonyl (C=O) groups is 4. The van der Waals surface area contributed by atoms with E-state index in [2.05, 4.69) is 33.6 Å². The summed E-state index contributed by atoms with van der Waals surface area (Å²) in [6.07, 6.45) is -1.02. The molecule has 12 N–H and O–H groups in total. The van der Waals surface area contributed by atoms with Gasteiger partial charge in [0.2, 0.25) is 17.7 Å². The number of phenols is 1. The summed E-state index contributed by atoms with van der Waals surface area (Å²) < 4.78 is 0. The van der Waals surface area contributed by atoms with Gasteiger partial charge >= 0.3 is 5.97 Å². The number of nitrogens with zero attached hydrogens (tertiary/aromatic N) is 1. The molecule has 0 saturated heterocycles. The Morgan fingerprint density at radius 3 is 2.11 bits per heavy atom. The van der Waals surface area contributed by atoms with Crippen molar-refractivity contribution in [3.05, 3.63) is 29.8 Å². The molecular weight excluding hydrogens is 506 g/mol. The predicted molar refractivity (Wildman–Crippen MR) is 139 cm³/mol. The minimum atomic E-state index is -1.52. The number of hydrogen-bond acceptors (Lipinski definition) is 9. The number of carboxylic acid groups (broad SMARTS) is 1. The van der Waals surface area contributed by atoms with E-state index < -0.39 is 54.0 Å². The molecule has 14 nitrogen and oxygen atoms in total. The molecule has 0 saturated carbocycles. The van der Waals surface area contributed by atoms with Crippen LogP contribution in [0.3, 0.4) is 0 Å². The van der Waals surface area contributed by atoms with Crippen LogP contribution in [0.2, 0.25) is 0 Å². The molecule has 0 aliphatic heterocycles. The normalized spacial score (nSPS) is 14.8. The quantitative estimate of drug-likeness (QED) is 0.0471. The van der Waals surface area contributed by atoms with Crippen LogP contribution in [0.1, 0.15) is 25.3 Å². The molecule has 1 aromatic rings. The number of nitrogens with two attached hydrogens (primary N) is 3. The van der Waals surface area contributed by atoms with Gasteiger partial charge in [0.05, 0.1) is 12.1 Å². The highest BCUT2D eigenvalue weighted by molar-refractivity contribution is 7.80. The van der Waals surface area contributed by atoms with E-state index in [1.165, 1.54) is 19.1 Å². The Morgan fingerprint density at radius 1 is 1.00 bits per heavy atom. The van der Waals surface area contributed by atoms with Crippen LogP contribution in [0.4, 0.5) is 0 Å². The molecule has 0 bridgehead atoms. The molecule has 0 fully saturated rings. The Kier molecular flexibility index (Phi) is 13.2. The number of nitrogens with one attached hydrogen (secondary N) is 3. The molecule has 37 heavy (non-hydrogen) atoms. The van der Waals surface area contributed by atoms with Crippen LogP contribution in [0.15, 0.2) is 29.3 Å². The van der Waals surface area contributed by atoms with Crippen LogP contribution in [-0.4, -0.2) is 87.5 Å². The lowest BCUT2D eigenvalue weighted by Crippen LogP contribution is -2.60. The van der Waals surface area contributed by atoms with Crippen molar-refractivity contribution in [2.75, 3.05) is 12.3 Å². The van der Waals surface area contributed by atoms with Crippen LogP contribution >= 0.6 is 12.6 Å². The molecule has 3 amide bonds. The van der Waals surface area contributed by atoms with Crippen LogP contribution in [0.5, 0.6) is 5.75 Å². The molecule has 0 aromatic heterocycles. The average molecular weight is 542 g/mol. The molecule has 0 aliphatic rings. The Hall–Kier alpha value is -3.56. The third-order valence-corrected chi connectivity index (χ3v) is 5.53. The van der Waals surface area contributed by atoms with Gasteiger partial charge in [0.25, 0.3) is 0 Å². The average Bonchev–Trinajstić information content (AvgIpc) is 2.83. The number of aliphatic imine (C=N–C) groups is 1. The number of thiol groups is 1. The van der Waals surface area contributed by atoms with Crippen LogP contribution in [-0.2, 0) is 25.6 Å². The fourth-order valence-electron chi connectivity index (χ4n) is 3.13. The topological polar surface area (TPSA) is 255 Å². The van der Waals surface area contributed by atoms with Crippen LogP contribution in [0, 0.1) is 0 Å². The largest absolute Gasteiger partial charge is 0.508 e. The molecule has 5 unspecified atom stereocenters. The van der Waals surface area contributed by atoms with Gasteiger partial charge in [0.15, 0.2) is 5.96 Å². The van der Waals surface area contributed by atoms with E-state index in [0.29, 0.717) is 5.56 Å². The second kappa shape index (κ2) is 15.5. The SMILES string of the molecule is CC(O)C(NC(=O)C(CS)NC(=O)C(N)Cc1ccc(O)cc1)C(=O)NC(CCCN=C(N)N)C(=O)O. The van der Waals surface area contributed by atoms with Gasteiger partial charge in [-0.25, -0.2) is 4.79 Å². The standard InChI is InChI=1S/C22H35N7O7S/c1-11(30)17(20(34)27-15(21(35)36)3-2-8-26-22(24)25)29-19(33)16(10-37)28-18(32)14(23)9-12-4-6-13(31)7-5-12/h4-7,11,14-17,30-31,37H,2-3,8-10,23H2,1H3,(H,27,34)(H,28,32)(H,29,33)(H,35,36)(H4,24,25,26). The number of aliphatic carboxylic acids is 1. The van der Waals surface area contributed by atoms with Crippen molar-refractivity contribution in [2.45, 2.75) is 56.5 Å². The van der Waals surface area contributed by atoms with Crippen molar-refractivity contribution in [2.24, 2.45) is 22.2 Å². The summed E-state index contributed by atoms with van der Waals surface area (Å²) in [6, 6.07) is 1.03. The Balaban J connectivity index is 2.77. The first-order valence-electron chi connectivity index (χ1n) is 11.4. The first-order valence-corrected chi connectivity index (χ1v) is 12.0. The lowest BCUT2D eigenvalue weighted by atomic mass is 10.1. The number of benzene rings is 1. The highest BCUT2D eigenvalue weighted by Crippen LogP contribution is 2.11. The monoisotopic (exact) mass is 541 g/mol. The lowest BCUT2D eigenvalue weighted by molar-refractivity contribution is -0.143. The Morgan fingerprint density at radius 2 is 1.59 bits per heavy atom.